The van der Waals surface area contributed by atoms with Gasteiger partial charge < -0.3 is 19.9 Å². The zero-order chi connectivity index (χ0) is 16.8. The number of hydrogen-bond acceptors (Lipinski definition) is 4. The summed E-state index contributed by atoms with van der Waals surface area (Å²) in [5.41, 5.74) is 0. The molecule has 1 aromatic rings. The van der Waals surface area contributed by atoms with Gasteiger partial charge in [-0.1, -0.05) is 20.3 Å². The van der Waals surface area contributed by atoms with Crippen LogP contribution < -0.4 is 10.6 Å². The van der Waals surface area contributed by atoms with Crippen LogP contribution in [0.2, 0.25) is 0 Å². The highest BCUT2D eigenvalue weighted by atomic mass is 16.5. The lowest BCUT2D eigenvalue weighted by Crippen LogP contribution is -2.39. The number of nitrogens with one attached hydrogen (secondary N) is 2. The lowest BCUT2D eigenvalue weighted by molar-refractivity contribution is 0.146. The van der Waals surface area contributed by atoms with Gasteiger partial charge in [-0.3, -0.25) is 4.99 Å². The van der Waals surface area contributed by atoms with Crippen LogP contribution >= 0.6 is 0 Å². The minimum atomic E-state index is 0.766. The summed E-state index contributed by atoms with van der Waals surface area (Å²) in [5, 5.41) is 14.8. The average Bonchev–Trinajstić information content (AvgIpc) is 3.02. The normalized spacial score (nSPS) is 11.7. The minimum Gasteiger partial charge on any atom is -0.382 e. The summed E-state index contributed by atoms with van der Waals surface area (Å²) in [6.45, 7) is 11.2. The second-order valence-electron chi connectivity index (χ2n) is 5.28. The van der Waals surface area contributed by atoms with Gasteiger partial charge in [0.15, 0.2) is 5.96 Å². The topological polar surface area (TPSA) is 76.4 Å². The first-order valence-electron chi connectivity index (χ1n) is 8.78. The third kappa shape index (κ3) is 8.54. The highest BCUT2D eigenvalue weighted by molar-refractivity contribution is 5.79. The van der Waals surface area contributed by atoms with Gasteiger partial charge in [-0.15, -0.1) is 10.2 Å². The molecule has 7 nitrogen and oxygen atoms in total. The third-order valence-corrected chi connectivity index (χ3v) is 3.40. The number of rotatable bonds is 12. The van der Waals surface area contributed by atoms with Crippen LogP contribution in [0.25, 0.3) is 0 Å². The van der Waals surface area contributed by atoms with Gasteiger partial charge in [-0.05, 0) is 19.8 Å². The molecule has 0 amide bonds. The zero-order valence-corrected chi connectivity index (χ0v) is 14.8. The van der Waals surface area contributed by atoms with Gasteiger partial charge in [-0.2, -0.15) is 0 Å². The molecule has 0 aromatic carbocycles. The lowest BCUT2D eigenvalue weighted by atomic mass is 10.3. The van der Waals surface area contributed by atoms with E-state index in [0.717, 1.165) is 70.4 Å². The Balaban J connectivity index is 2.36. The van der Waals surface area contributed by atoms with E-state index in [9.17, 15) is 0 Å². The second kappa shape index (κ2) is 12.9. The molecule has 0 fully saturated rings. The third-order valence-electron chi connectivity index (χ3n) is 3.40. The minimum absolute atomic E-state index is 0.766. The van der Waals surface area contributed by atoms with Crippen molar-refractivity contribution in [1.29, 1.82) is 0 Å². The Morgan fingerprint density at radius 2 is 2.04 bits per heavy atom. The summed E-state index contributed by atoms with van der Waals surface area (Å²) in [6, 6.07) is 0. The number of aromatic nitrogens is 3. The number of unbranched alkanes of at least 4 members (excludes halogenated alkanes) is 1. The van der Waals surface area contributed by atoms with Crippen molar-refractivity contribution in [2.75, 3.05) is 32.8 Å². The second-order valence-corrected chi connectivity index (χ2v) is 5.28. The monoisotopic (exact) mass is 324 g/mol. The maximum atomic E-state index is 5.34. The largest absolute Gasteiger partial charge is 0.382 e. The fraction of sp³-hybridized carbons (Fsp3) is 0.812. The summed E-state index contributed by atoms with van der Waals surface area (Å²) < 4.78 is 7.42. The van der Waals surface area contributed by atoms with Crippen molar-refractivity contribution < 1.29 is 4.74 Å². The number of aliphatic imine (C=N–C) groups is 1. The van der Waals surface area contributed by atoms with Crippen LogP contribution in [0.4, 0.5) is 0 Å². The van der Waals surface area contributed by atoms with E-state index >= 15 is 0 Å². The molecule has 1 heterocycles. The summed E-state index contributed by atoms with van der Waals surface area (Å²) in [7, 11) is 0. The van der Waals surface area contributed by atoms with Crippen molar-refractivity contribution in [3.63, 3.8) is 0 Å². The molecule has 0 saturated heterocycles. The number of hydrogen-bond donors (Lipinski definition) is 2. The molecule has 0 spiro atoms. The Morgan fingerprint density at radius 1 is 1.22 bits per heavy atom. The molecule has 2 N–H and O–H groups in total. The standard InChI is InChI=1S/C16H32N6O/c1-4-7-9-17-16(18-10-8-13-23-6-3)19-11-12-22-14-20-21-15(22)5-2/h14H,4-13H2,1-3H3,(H2,17,18,19). The molecule has 0 radical (unpaired) electrons. The maximum Gasteiger partial charge on any atom is 0.191 e. The SMILES string of the molecule is CCCCNC(=NCCCOCC)NCCn1cnnc1CC. The van der Waals surface area contributed by atoms with Crippen LogP contribution in [0.5, 0.6) is 0 Å². The zero-order valence-electron chi connectivity index (χ0n) is 14.8. The van der Waals surface area contributed by atoms with Gasteiger partial charge >= 0.3 is 0 Å². The fourth-order valence-corrected chi connectivity index (χ4v) is 2.09. The van der Waals surface area contributed by atoms with Crippen molar-refractivity contribution in [3.8, 4) is 0 Å². The van der Waals surface area contributed by atoms with E-state index in [2.05, 4.69) is 44.2 Å². The van der Waals surface area contributed by atoms with E-state index in [1.165, 1.54) is 6.42 Å². The molecule has 0 aliphatic heterocycles. The predicted octanol–water partition coefficient (Wildman–Crippen LogP) is 1.60. The molecule has 23 heavy (non-hydrogen) atoms. The molecule has 0 aliphatic rings. The Bertz CT molecular complexity index is 432. The molecule has 0 unspecified atom stereocenters. The maximum absolute atomic E-state index is 5.34. The van der Waals surface area contributed by atoms with Crippen LogP contribution in [0.3, 0.4) is 0 Å². The van der Waals surface area contributed by atoms with Gasteiger partial charge in [0.2, 0.25) is 0 Å². The van der Waals surface area contributed by atoms with E-state index < -0.39 is 0 Å². The van der Waals surface area contributed by atoms with E-state index in [0.29, 0.717) is 0 Å². The van der Waals surface area contributed by atoms with Gasteiger partial charge in [0.05, 0.1) is 0 Å². The van der Waals surface area contributed by atoms with E-state index in [1.807, 2.05) is 6.92 Å². The number of guanidine groups is 1. The summed E-state index contributed by atoms with van der Waals surface area (Å²) in [5.74, 6) is 1.89. The molecular weight excluding hydrogens is 292 g/mol. The van der Waals surface area contributed by atoms with Crippen LogP contribution in [0, 0.1) is 0 Å². The van der Waals surface area contributed by atoms with Gasteiger partial charge in [0.25, 0.3) is 0 Å². The molecule has 0 saturated carbocycles. The predicted molar refractivity (Wildman–Crippen MR) is 93.7 cm³/mol. The Labute approximate surface area is 139 Å². The van der Waals surface area contributed by atoms with Crippen molar-refractivity contribution in [2.45, 2.75) is 53.0 Å². The van der Waals surface area contributed by atoms with E-state index in [1.54, 1.807) is 6.33 Å². The Kier molecular flexibility index (Phi) is 10.9. The first-order chi connectivity index (χ1) is 11.3. The quantitative estimate of drug-likeness (QED) is 0.347. The van der Waals surface area contributed by atoms with E-state index in [-0.39, 0.29) is 0 Å². The Hall–Kier alpha value is -1.63. The van der Waals surface area contributed by atoms with Crippen molar-refractivity contribution in [1.82, 2.24) is 25.4 Å². The fourth-order valence-electron chi connectivity index (χ4n) is 2.09. The lowest BCUT2D eigenvalue weighted by Gasteiger charge is -2.13. The molecule has 7 heteroatoms. The van der Waals surface area contributed by atoms with Gasteiger partial charge in [-0.25, -0.2) is 0 Å². The number of nitrogens with zero attached hydrogens (tertiary/aromatic N) is 4. The van der Waals surface area contributed by atoms with Crippen molar-refractivity contribution in [3.05, 3.63) is 12.2 Å². The molecule has 0 bridgehead atoms. The van der Waals surface area contributed by atoms with Gasteiger partial charge in [0.1, 0.15) is 12.2 Å². The summed E-state index contributed by atoms with van der Waals surface area (Å²) in [6.07, 6.45) is 5.94. The van der Waals surface area contributed by atoms with Crippen LogP contribution in [0.15, 0.2) is 11.3 Å². The molecule has 132 valence electrons. The smallest absolute Gasteiger partial charge is 0.191 e. The van der Waals surface area contributed by atoms with Crippen LogP contribution in [-0.4, -0.2) is 53.6 Å². The van der Waals surface area contributed by atoms with E-state index in [4.69, 9.17) is 4.74 Å². The number of ether oxygens (including phenoxy) is 1. The van der Waals surface area contributed by atoms with Gasteiger partial charge in [0, 0.05) is 45.8 Å². The van der Waals surface area contributed by atoms with Crippen molar-refractivity contribution in [2.24, 2.45) is 4.99 Å². The molecule has 0 aliphatic carbocycles. The van der Waals surface area contributed by atoms with Crippen molar-refractivity contribution >= 4 is 5.96 Å². The molecular formula is C16H32N6O. The molecule has 1 aromatic heterocycles. The highest BCUT2D eigenvalue weighted by Crippen LogP contribution is 1.94. The Morgan fingerprint density at radius 3 is 2.78 bits per heavy atom. The average molecular weight is 324 g/mol. The first kappa shape index (κ1) is 19.4. The highest BCUT2D eigenvalue weighted by Gasteiger charge is 2.02. The van der Waals surface area contributed by atoms with Crippen LogP contribution in [0.1, 0.15) is 45.9 Å². The number of aryl methyl sites for hydroxylation is 1. The summed E-state index contributed by atoms with van der Waals surface area (Å²) in [4.78, 5) is 4.60. The summed E-state index contributed by atoms with van der Waals surface area (Å²) >= 11 is 0. The first-order valence-corrected chi connectivity index (χ1v) is 8.78. The molecule has 1 rings (SSSR count). The molecule has 0 atom stereocenters. The van der Waals surface area contributed by atoms with Crippen LogP contribution in [-0.2, 0) is 17.7 Å².